The van der Waals surface area contributed by atoms with Crippen molar-refractivity contribution in [3.8, 4) is 10.4 Å². The summed E-state index contributed by atoms with van der Waals surface area (Å²) in [6.45, 7) is 5.35. The first-order valence-electron chi connectivity index (χ1n) is 9.32. The van der Waals surface area contributed by atoms with Gasteiger partial charge in [-0.25, -0.2) is 0 Å². The Bertz CT molecular complexity index is 791. The molecule has 1 aliphatic heterocycles. The van der Waals surface area contributed by atoms with E-state index in [2.05, 4.69) is 22.5 Å². The normalized spacial score (nSPS) is 17.1. The summed E-state index contributed by atoms with van der Waals surface area (Å²) in [6, 6.07) is 12.0. The number of nitrogens with zero attached hydrogens (tertiary/aromatic N) is 1. The maximum absolute atomic E-state index is 12.3. The van der Waals surface area contributed by atoms with E-state index in [1.807, 2.05) is 30.3 Å². The predicted molar refractivity (Wildman–Crippen MR) is 110 cm³/mol. The maximum atomic E-state index is 12.3. The highest BCUT2D eigenvalue weighted by Gasteiger charge is 2.22. The maximum Gasteiger partial charge on any atom is 0.251 e. The lowest BCUT2D eigenvalue weighted by atomic mass is 10.1. The summed E-state index contributed by atoms with van der Waals surface area (Å²) >= 11 is 1.36. The highest BCUT2D eigenvalue weighted by molar-refractivity contribution is 7.20. The number of carbonyl (C=O) groups is 2. The van der Waals surface area contributed by atoms with Gasteiger partial charge in [-0.1, -0.05) is 37.3 Å². The molecule has 4 N–H and O–H groups in total. The van der Waals surface area contributed by atoms with Gasteiger partial charge in [0.15, 0.2) is 0 Å². The van der Waals surface area contributed by atoms with Crippen LogP contribution >= 0.6 is 11.3 Å². The average molecular weight is 387 g/mol. The van der Waals surface area contributed by atoms with Gasteiger partial charge in [0.05, 0.1) is 12.1 Å². The van der Waals surface area contributed by atoms with Crippen molar-refractivity contribution >= 4 is 28.2 Å². The monoisotopic (exact) mass is 386 g/mol. The van der Waals surface area contributed by atoms with Crippen molar-refractivity contribution in [1.29, 1.82) is 0 Å². The molecule has 2 heterocycles. The highest BCUT2D eigenvalue weighted by Crippen LogP contribution is 2.35. The molecule has 27 heavy (non-hydrogen) atoms. The van der Waals surface area contributed by atoms with Crippen LogP contribution in [0.5, 0.6) is 0 Å². The minimum absolute atomic E-state index is 0.167. The summed E-state index contributed by atoms with van der Waals surface area (Å²) in [4.78, 5) is 27.4. The van der Waals surface area contributed by atoms with Crippen LogP contribution in [-0.4, -0.2) is 48.9 Å². The van der Waals surface area contributed by atoms with Gasteiger partial charge in [0.25, 0.3) is 5.91 Å². The Balaban J connectivity index is 1.60. The number of likely N-dealkylation sites (N-methyl/N-ethyl adjacent to an activating group) is 1. The summed E-state index contributed by atoms with van der Waals surface area (Å²) in [5, 5.41) is 6.57. The van der Waals surface area contributed by atoms with Gasteiger partial charge in [-0.2, -0.15) is 0 Å². The van der Waals surface area contributed by atoms with Gasteiger partial charge in [0, 0.05) is 17.5 Å². The number of anilines is 1. The zero-order chi connectivity index (χ0) is 19.2. The van der Waals surface area contributed by atoms with E-state index in [4.69, 9.17) is 5.73 Å². The van der Waals surface area contributed by atoms with Gasteiger partial charge in [0.1, 0.15) is 5.00 Å². The number of benzene rings is 1. The van der Waals surface area contributed by atoms with Crippen LogP contribution < -0.4 is 16.4 Å². The SMILES string of the molecule is CCN1CCC[C@H]1CNCC(=O)Nc1sc(-c2ccccc2)cc1C(N)=O. The minimum Gasteiger partial charge on any atom is -0.366 e. The van der Waals surface area contributed by atoms with Gasteiger partial charge >= 0.3 is 0 Å². The van der Waals surface area contributed by atoms with Crippen LogP contribution in [0.2, 0.25) is 0 Å². The summed E-state index contributed by atoms with van der Waals surface area (Å²) in [5.74, 6) is -0.707. The largest absolute Gasteiger partial charge is 0.366 e. The summed E-state index contributed by atoms with van der Waals surface area (Å²) < 4.78 is 0. The number of likely N-dealkylation sites (tertiary alicyclic amines) is 1. The standard InChI is InChI=1S/C20H26N4O2S/c1-2-24-10-6-9-15(24)12-22-13-18(25)23-20-16(19(21)26)11-17(27-20)14-7-4-3-5-8-14/h3-5,7-8,11,15,22H,2,6,9-10,12-13H2,1H3,(H2,21,26)(H,23,25)/t15-/m0/s1. The van der Waals surface area contributed by atoms with E-state index in [0.29, 0.717) is 16.6 Å². The van der Waals surface area contributed by atoms with Crippen LogP contribution in [0.1, 0.15) is 30.1 Å². The molecule has 0 saturated carbocycles. The lowest BCUT2D eigenvalue weighted by molar-refractivity contribution is -0.115. The van der Waals surface area contributed by atoms with Crippen molar-refractivity contribution in [2.24, 2.45) is 5.73 Å². The molecule has 0 aliphatic carbocycles. The van der Waals surface area contributed by atoms with Crippen LogP contribution in [0.3, 0.4) is 0 Å². The van der Waals surface area contributed by atoms with Gasteiger partial charge in [-0.05, 0) is 37.6 Å². The number of primary amides is 1. The van der Waals surface area contributed by atoms with E-state index in [9.17, 15) is 9.59 Å². The molecule has 2 amide bonds. The molecule has 6 nitrogen and oxygen atoms in total. The number of amides is 2. The second-order valence-corrected chi connectivity index (χ2v) is 7.74. The smallest absolute Gasteiger partial charge is 0.251 e. The zero-order valence-corrected chi connectivity index (χ0v) is 16.3. The fourth-order valence-corrected chi connectivity index (χ4v) is 4.56. The predicted octanol–water partition coefficient (Wildman–Crippen LogP) is 2.53. The van der Waals surface area contributed by atoms with Crippen LogP contribution in [0.4, 0.5) is 5.00 Å². The number of hydrogen-bond donors (Lipinski definition) is 3. The fourth-order valence-electron chi connectivity index (χ4n) is 3.48. The molecule has 1 atom stereocenters. The lowest BCUT2D eigenvalue weighted by Crippen LogP contribution is -2.40. The van der Waals surface area contributed by atoms with Crippen LogP contribution in [0.25, 0.3) is 10.4 Å². The van der Waals surface area contributed by atoms with E-state index in [1.165, 1.54) is 24.2 Å². The molecule has 1 aromatic carbocycles. The molecule has 0 unspecified atom stereocenters. The number of nitrogens with one attached hydrogen (secondary N) is 2. The molecule has 1 fully saturated rings. The van der Waals surface area contributed by atoms with E-state index in [-0.39, 0.29) is 12.5 Å². The van der Waals surface area contributed by atoms with E-state index >= 15 is 0 Å². The molecule has 2 aromatic rings. The third-order valence-corrected chi connectivity index (χ3v) is 5.98. The molecule has 7 heteroatoms. The summed E-state index contributed by atoms with van der Waals surface area (Å²) in [7, 11) is 0. The van der Waals surface area contributed by atoms with Crippen LogP contribution in [-0.2, 0) is 4.79 Å². The third kappa shape index (κ3) is 4.94. The Morgan fingerprint density at radius 2 is 2.07 bits per heavy atom. The lowest BCUT2D eigenvalue weighted by Gasteiger charge is -2.22. The van der Waals surface area contributed by atoms with Gasteiger partial charge in [-0.15, -0.1) is 11.3 Å². The molecule has 0 radical (unpaired) electrons. The van der Waals surface area contributed by atoms with Crippen molar-refractivity contribution in [3.05, 3.63) is 42.0 Å². The third-order valence-electron chi connectivity index (χ3n) is 4.88. The second-order valence-electron chi connectivity index (χ2n) is 6.69. The van der Waals surface area contributed by atoms with E-state index < -0.39 is 5.91 Å². The number of rotatable bonds is 8. The molecule has 3 rings (SSSR count). The van der Waals surface area contributed by atoms with Crippen molar-refractivity contribution in [3.63, 3.8) is 0 Å². The molecule has 144 valence electrons. The highest BCUT2D eigenvalue weighted by atomic mass is 32.1. The fraction of sp³-hybridized carbons (Fsp3) is 0.400. The Kier molecular flexibility index (Phi) is 6.60. The quantitative estimate of drug-likeness (QED) is 0.651. The average Bonchev–Trinajstić information content (AvgIpc) is 3.29. The van der Waals surface area contributed by atoms with Crippen molar-refractivity contribution in [2.75, 3.05) is 31.5 Å². The zero-order valence-electron chi connectivity index (χ0n) is 15.5. The first-order chi connectivity index (χ1) is 13.1. The molecule has 0 spiro atoms. The van der Waals surface area contributed by atoms with Crippen molar-refractivity contribution < 1.29 is 9.59 Å². The number of thiophene rings is 1. The van der Waals surface area contributed by atoms with Crippen LogP contribution in [0.15, 0.2) is 36.4 Å². The van der Waals surface area contributed by atoms with E-state index in [0.717, 1.165) is 30.1 Å². The molecule has 1 aromatic heterocycles. The van der Waals surface area contributed by atoms with Crippen molar-refractivity contribution in [1.82, 2.24) is 10.2 Å². The molecule has 1 saturated heterocycles. The van der Waals surface area contributed by atoms with Crippen molar-refractivity contribution in [2.45, 2.75) is 25.8 Å². The Labute approximate surface area is 163 Å². The number of nitrogens with two attached hydrogens (primary N) is 1. The minimum atomic E-state index is -0.541. The molecule has 1 aliphatic rings. The summed E-state index contributed by atoms with van der Waals surface area (Å²) in [5.41, 5.74) is 6.83. The number of hydrogen-bond acceptors (Lipinski definition) is 5. The molecular weight excluding hydrogens is 360 g/mol. The number of carbonyl (C=O) groups excluding carboxylic acids is 2. The first kappa shape index (κ1) is 19.5. The Morgan fingerprint density at radius 1 is 1.30 bits per heavy atom. The van der Waals surface area contributed by atoms with Crippen LogP contribution in [0, 0.1) is 0 Å². The molecular formula is C20H26N4O2S. The first-order valence-corrected chi connectivity index (χ1v) is 10.1. The van der Waals surface area contributed by atoms with Gasteiger partial charge in [0.2, 0.25) is 5.91 Å². The second kappa shape index (κ2) is 9.12. The Hall–Kier alpha value is -2.22. The summed E-state index contributed by atoms with van der Waals surface area (Å²) in [6.07, 6.45) is 2.38. The Morgan fingerprint density at radius 3 is 2.78 bits per heavy atom. The topological polar surface area (TPSA) is 87.5 Å². The van der Waals surface area contributed by atoms with Gasteiger partial charge in [-0.3, -0.25) is 14.5 Å². The van der Waals surface area contributed by atoms with E-state index in [1.54, 1.807) is 6.07 Å². The van der Waals surface area contributed by atoms with Gasteiger partial charge < -0.3 is 16.4 Å². The molecule has 0 bridgehead atoms.